The van der Waals surface area contributed by atoms with Crippen LogP contribution in [0.4, 0.5) is 46.3 Å². The third-order valence-corrected chi connectivity index (χ3v) is 10.5. The fourth-order valence-electron chi connectivity index (χ4n) is 6.83. The van der Waals surface area contributed by atoms with Crippen molar-refractivity contribution >= 4 is 82.0 Å². The standard InChI is InChI=1S/2C20H25N7O6.Zn/c2*1-27-12(9-23-16-15(27)18(31)26-20(21)25-16)8-22-11-4-2-10(3-5-11)17(30)24-13(19(32)33)6-7-14(28)29;/h2*2-5,12-13,22H,6-9H2,1H3,(H,24,30)(H,28,29)(H,32,33)(H4,21,23,25,26,31);/q;;+2/p-2/t2*12-,13-;/m00./s1. The second kappa shape index (κ2) is 23.3. The van der Waals surface area contributed by atoms with E-state index >= 15 is 0 Å². The molecule has 4 atom stereocenters. The summed E-state index contributed by atoms with van der Waals surface area (Å²) in [7, 11) is 3.57. The number of aliphatic carboxylic acids is 4. The maximum absolute atomic E-state index is 12.3. The van der Waals surface area contributed by atoms with Gasteiger partial charge in [-0.3, -0.25) is 29.1 Å². The number of carbonyl (C=O) groups is 6. The number of nitrogen functional groups attached to an aromatic ring is 2. The van der Waals surface area contributed by atoms with E-state index in [2.05, 4.69) is 51.8 Å². The van der Waals surface area contributed by atoms with Crippen LogP contribution in [0.15, 0.2) is 58.1 Å². The van der Waals surface area contributed by atoms with Crippen molar-refractivity contribution in [3.05, 3.63) is 80.4 Å². The van der Waals surface area contributed by atoms with E-state index in [1.54, 1.807) is 38.4 Å². The molecule has 0 spiro atoms. The number of aromatic amines is 2. The van der Waals surface area contributed by atoms with E-state index in [0.717, 1.165) is 0 Å². The number of rotatable bonds is 18. The van der Waals surface area contributed by atoms with Crippen LogP contribution in [0.2, 0.25) is 0 Å². The molecule has 27 heteroatoms. The molecule has 2 aromatic heterocycles. The fraction of sp³-hybridized carbons (Fsp3) is 0.350. The average Bonchev–Trinajstić information content (AvgIpc) is 3.25. The van der Waals surface area contributed by atoms with E-state index in [9.17, 15) is 48.6 Å². The molecule has 2 aliphatic rings. The van der Waals surface area contributed by atoms with Gasteiger partial charge in [0, 0.05) is 74.7 Å². The van der Waals surface area contributed by atoms with Crippen molar-refractivity contribution in [3.8, 4) is 0 Å². The molecule has 26 nitrogen and oxygen atoms in total. The van der Waals surface area contributed by atoms with Gasteiger partial charge in [0.1, 0.15) is 23.5 Å². The fourth-order valence-corrected chi connectivity index (χ4v) is 6.83. The Kier molecular flexibility index (Phi) is 18.0. The molecular weight excluding hydrogens is 934 g/mol. The van der Waals surface area contributed by atoms with Crippen molar-refractivity contribution in [2.75, 3.05) is 82.8 Å². The molecule has 0 fully saturated rings. The second-order valence-corrected chi connectivity index (χ2v) is 15.1. The summed E-state index contributed by atoms with van der Waals surface area (Å²) < 4.78 is 0. The van der Waals surface area contributed by atoms with Crippen LogP contribution >= 0.6 is 0 Å². The van der Waals surface area contributed by atoms with Crippen molar-refractivity contribution < 1.29 is 68.7 Å². The van der Waals surface area contributed by atoms with Crippen LogP contribution in [0.5, 0.6) is 0 Å². The number of nitrogens with two attached hydrogens (primary N) is 2. The Morgan fingerprint density at radius 2 is 1.01 bits per heavy atom. The van der Waals surface area contributed by atoms with Gasteiger partial charge >= 0.3 is 31.4 Å². The number of nitrogens with zero attached hydrogens (tertiary/aromatic N) is 4. The van der Waals surface area contributed by atoms with E-state index in [1.807, 2.05) is 9.80 Å². The number of hydrogen-bond acceptors (Lipinski definition) is 20. The maximum Gasteiger partial charge on any atom is 2.00 e. The van der Waals surface area contributed by atoms with Crippen molar-refractivity contribution in [1.29, 1.82) is 0 Å². The summed E-state index contributed by atoms with van der Waals surface area (Å²) in [5.74, 6) is -5.79. The van der Waals surface area contributed by atoms with Gasteiger partial charge in [0.15, 0.2) is 11.6 Å². The van der Waals surface area contributed by atoms with Gasteiger partial charge in [-0.2, -0.15) is 9.97 Å². The number of amides is 2. The molecule has 6 rings (SSSR count). The number of benzene rings is 2. The molecule has 0 radical (unpaired) electrons. The molecule has 352 valence electrons. The SMILES string of the molecule is CN1c2c(nc(N)[nH]c2=O)NC[C@@H]1CNc1ccc(C(=O)N[C@@H](CCC(=O)[O-])C(=O)O)cc1.CN1c2c(nc(N)[nH]c2=O)NC[C@@H]1CNc1ccc(C(=O)N[C@@H](CCC(=O)[O-])C(=O)O)cc1.[Zn+2]. The van der Waals surface area contributed by atoms with Crippen LogP contribution in [0, 0.1) is 0 Å². The number of aromatic nitrogens is 4. The monoisotopic (exact) mass is 980 g/mol. The first-order valence-corrected chi connectivity index (χ1v) is 20.2. The Morgan fingerprint density at radius 3 is 1.33 bits per heavy atom. The number of hydrogen-bond donors (Lipinski definition) is 12. The number of anilines is 8. The summed E-state index contributed by atoms with van der Waals surface area (Å²) in [5, 5.41) is 56.7. The predicted molar refractivity (Wildman–Crippen MR) is 236 cm³/mol. The second-order valence-electron chi connectivity index (χ2n) is 15.1. The zero-order valence-electron chi connectivity index (χ0n) is 36.2. The number of H-pyrrole nitrogens is 2. The van der Waals surface area contributed by atoms with Gasteiger partial charge in [-0.15, -0.1) is 0 Å². The quantitative estimate of drug-likeness (QED) is 0.0437. The summed E-state index contributed by atoms with van der Waals surface area (Å²) >= 11 is 0. The normalized spacial score (nSPS) is 15.4. The van der Waals surface area contributed by atoms with Gasteiger partial charge in [-0.1, -0.05) is 0 Å². The molecule has 4 aromatic rings. The van der Waals surface area contributed by atoms with Gasteiger partial charge in [-0.05, 0) is 74.2 Å². The minimum Gasteiger partial charge on any atom is -0.550 e. The minimum absolute atomic E-state index is 0. The average molecular weight is 982 g/mol. The molecule has 0 unspecified atom stereocenters. The third kappa shape index (κ3) is 14.0. The summed E-state index contributed by atoms with van der Waals surface area (Å²) in [5.41, 5.74) is 13.1. The first kappa shape index (κ1) is 51.7. The van der Waals surface area contributed by atoms with Gasteiger partial charge in [0.2, 0.25) is 11.9 Å². The Bertz CT molecular complexity index is 2380. The van der Waals surface area contributed by atoms with Crippen molar-refractivity contribution in [1.82, 2.24) is 30.6 Å². The summed E-state index contributed by atoms with van der Waals surface area (Å²) in [6.07, 6.45) is -1.52. The van der Waals surface area contributed by atoms with E-state index < -0.39 is 60.6 Å². The molecule has 14 N–H and O–H groups in total. The van der Waals surface area contributed by atoms with Crippen LogP contribution < -0.4 is 74.5 Å². The zero-order valence-corrected chi connectivity index (χ0v) is 39.2. The molecule has 4 heterocycles. The minimum atomic E-state index is -1.39. The van der Waals surface area contributed by atoms with Crippen LogP contribution in [0.25, 0.3) is 0 Å². The van der Waals surface area contributed by atoms with Crippen LogP contribution in [-0.4, -0.2) is 130 Å². The summed E-state index contributed by atoms with van der Waals surface area (Å²) in [6, 6.07) is 9.88. The van der Waals surface area contributed by atoms with Crippen LogP contribution in [0.1, 0.15) is 46.4 Å². The Hall–Kier alpha value is -7.96. The van der Waals surface area contributed by atoms with Gasteiger partial charge in [-0.25, -0.2) is 9.59 Å². The molecule has 67 heavy (non-hydrogen) atoms. The molecule has 2 aliphatic heterocycles. The molecule has 2 amide bonds. The Morgan fingerprint density at radius 1 is 0.672 bits per heavy atom. The Labute approximate surface area is 393 Å². The zero-order chi connectivity index (χ0) is 48.2. The van der Waals surface area contributed by atoms with E-state index in [0.29, 0.717) is 60.6 Å². The maximum atomic E-state index is 12.3. The summed E-state index contributed by atoms with van der Waals surface area (Å²) in [4.78, 5) is 109. The molecular formula is C40H48N14O12Zn. The number of fused-ring (bicyclic) bond motifs is 2. The molecule has 0 aliphatic carbocycles. The number of likely N-dealkylation sites (N-methyl/N-ethyl adjacent to an activating group) is 2. The molecule has 2 aromatic carbocycles. The number of nitrogens with one attached hydrogen (secondary N) is 8. The van der Waals surface area contributed by atoms with Crippen LogP contribution in [-0.2, 0) is 38.7 Å². The van der Waals surface area contributed by atoms with Gasteiger partial charge in [0.25, 0.3) is 22.9 Å². The largest absolute Gasteiger partial charge is 2.00 e. The first-order valence-electron chi connectivity index (χ1n) is 20.2. The number of carboxylic acids is 4. The van der Waals surface area contributed by atoms with Crippen molar-refractivity contribution in [2.45, 2.75) is 49.9 Å². The first-order chi connectivity index (χ1) is 31.3. The summed E-state index contributed by atoms with van der Waals surface area (Å²) in [6.45, 7) is 2.00. The predicted octanol–water partition coefficient (Wildman–Crippen LogP) is -3.19. The third-order valence-electron chi connectivity index (χ3n) is 10.5. The van der Waals surface area contributed by atoms with E-state index in [1.165, 1.54) is 24.3 Å². The van der Waals surface area contributed by atoms with Crippen molar-refractivity contribution in [2.24, 2.45) is 0 Å². The smallest absolute Gasteiger partial charge is 0.550 e. The topological polar surface area (TPSA) is 411 Å². The van der Waals surface area contributed by atoms with E-state index in [-0.39, 0.29) is 78.5 Å². The van der Waals surface area contributed by atoms with Crippen molar-refractivity contribution in [3.63, 3.8) is 0 Å². The molecule has 0 saturated carbocycles. The van der Waals surface area contributed by atoms with E-state index in [4.69, 9.17) is 21.7 Å². The number of carbonyl (C=O) groups excluding carboxylic acids is 4. The molecule has 0 bridgehead atoms. The molecule has 0 saturated heterocycles. The van der Waals surface area contributed by atoms with Gasteiger partial charge in [0.05, 0.1) is 12.1 Å². The number of carboxylic acid groups (broad SMARTS) is 4. The van der Waals surface area contributed by atoms with Crippen LogP contribution in [0.3, 0.4) is 0 Å². The Balaban J connectivity index is 0.000000288. The van der Waals surface area contributed by atoms with Gasteiger partial charge < -0.3 is 83.2 Å².